The maximum atomic E-state index is 9.71. The SMILES string of the molecule is OC1COc2cc(OCC3Cc4ccccc4S3)ccc21. The highest BCUT2D eigenvalue weighted by molar-refractivity contribution is 8.00. The van der Waals surface area contributed by atoms with Crippen LogP contribution in [0.3, 0.4) is 0 Å². The zero-order valence-corrected chi connectivity index (χ0v) is 12.3. The van der Waals surface area contributed by atoms with E-state index < -0.39 is 6.10 Å². The Morgan fingerprint density at radius 3 is 3.05 bits per heavy atom. The first-order valence-electron chi connectivity index (χ1n) is 7.12. The van der Waals surface area contributed by atoms with Crippen molar-refractivity contribution in [2.45, 2.75) is 22.7 Å². The van der Waals surface area contributed by atoms with Crippen molar-refractivity contribution < 1.29 is 14.6 Å². The number of hydrogen-bond acceptors (Lipinski definition) is 4. The van der Waals surface area contributed by atoms with Crippen molar-refractivity contribution in [3.8, 4) is 11.5 Å². The van der Waals surface area contributed by atoms with Gasteiger partial charge in [0.05, 0.1) is 0 Å². The van der Waals surface area contributed by atoms with Gasteiger partial charge in [-0.15, -0.1) is 11.8 Å². The van der Waals surface area contributed by atoms with E-state index in [0.29, 0.717) is 18.5 Å². The smallest absolute Gasteiger partial charge is 0.129 e. The van der Waals surface area contributed by atoms with E-state index in [0.717, 1.165) is 23.5 Å². The van der Waals surface area contributed by atoms with Gasteiger partial charge in [0.25, 0.3) is 0 Å². The van der Waals surface area contributed by atoms with Crippen LogP contribution in [0.25, 0.3) is 0 Å². The summed E-state index contributed by atoms with van der Waals surface area (Å²) in [5, 5.41) is 10.2. The van der Waals surface area contributed by atoms with Gasteiger partial charge in [0.15, 0.2) is 0 Å². The molecule has 2 heterocycles. The van der Waals surface area contributed by atoms with Crippen molar-refractivity contribution >= 4 is 11.8 Å². The zero-order chi connectivity index (χ0) is 14.2. The fourth-order valence-corrected chi connectivity index (χ4v) is 4.02. The van der Waals surface area contributed by atoms with E-state index in [1.807, 2.05) is 30.0 Å². The van der Waals surface area contributed by atoms with Crippen LogP contribution >= 0.6 is 11.8 Å². The minimum Gasteiger partial charge on any atom is -0.492 e. The van der Waals surface area contributed by atoms with Gasteiger partial charge >= 0.3 is 0 Å². The van der Waals surface area contributed by atoms with Crippen LogP contribution in [-0.2, 0) is 6.42 Å². The van der Waals surface area contributed by atoms with Crippen molar-refractivity contribution in [1.29, 1.82) is 0 Å². The Morgan fingerprint density at radius 2 is 2.14 bits per heavy atom. The molecule has 0 spiro atoms. The molecule has 0 saturated heterocycles. The molecule has 2 aromatic carbocycles. The maximum Gasteiger partial charge on any atom is 0.129 e. The highest BCUT2D eigenvalue weighted by Gasteiger charge is 2.24. The van der Waals surface area contributed by atoms with Gasteiger partial charge in [-0.3, -0.25) is 0 Å². The summed E-state index contributed by atoms with van der Waals surface area (Å²) in [5.41, 5.74) is 2.27. The largest absolute Gasteiger partial charge is 0.492 e. The van der Waals surface area contributed by atoms with Gasteiger partial charge in [0, 0.05) is 21.8 Å². The first-order chi connectivity index (χ1) is 10.3. The average molecular weight is 300 g/mol. The Balaban J connectivity index is 1.40. The van der Waals surface area contributed by atoms with Gasteiger partial charge in [-0.05, 0) is 30.2 Å². The van der Waals surface area contributed by atoms with Gasteiger partial charge in [-0.25, -0.2) is 0 Å². The number of aliphatic hydroxyl groups is 1. The molecule has 4 rings (SSSR count). The van der Waals surface area contributed by atoms with Crippen molar-refractivity contribution in [3.05, 3.63) is 53.6 Å². The van der Waals surface area contributed by atoms with Gasteiger partial charge in [-0.1, -0.05) is 18.2 Å². The van der Waals surface area contributed by atoms with E-state index in [2.05, 4.69) is 24.3 Å². The molecule has 4 heteroatoms. The highest BCUT2D eigenvalue weighted by Crippen LogP contribution is 2.38. The molecule has 1 N–H and O–H groups in total. The molecule has 0 amide bonds. The lowest BCUT2D eigenvalue weighted by Gasteiger charge is -2.11. The summed E-state index contributed by atoms with van der Waals surface area (Å²) in [6.07, 6.45) is 0.551. The van der Waals surface area contributed by atoms with Gasteiger partial charge in [0.2, 0.25) is 0 Å². The number of fused-ring (bicyclic) bond motifs is 2. The number of hydrogen-bond donors (Lipinski definition) is 1. The van der Waals surface area contributed by atoms with Crippen LogP contribution in [0.4, 0.5) is 0 Å². The second kappa shape index (κ2) is 5.28. The van der Waals surface area contributed by atoms with Crippen molar-refractivity contribution in [3.63, 3.8) is 0 Å². The third kappa shape index (κ3) is 2.49. The Labute approximate surface area is 127 Å². The van der Waals surface area contributed by atoms with Crippen molar-refractivity contribution in [1.82, 2.24) is 0 Å². The van der Waals surface area contributed by atoms with Crippen LogP contribution in [-0.4, -0.2) is 23.6 Å². The Morgan fingerprint density at radius 1 is 1.24 bits per heavy atom. The number of ether oxygens (including phenoxy) is 2. The number of benzene rings is 2. The van der Waals surface area contributed by atoms with E-state index in [9.17, 15) is 5.11 Å². The molecular weight excluding hydrogens is 284 g/mol. The van der Waals surface area contributed by atoms with E-state index in [-0.39, 0.29) is 0 Å². The van der Waals surface area contributed by atoms with Gasteiger partial charge in [0.1, 0.15) is 30.8 Å². The van der Waals surface area contributed by atoms with Crippen LogP contribution < -0.4 is 9.47 Å². The van der Waals surface area contributed by atoms with Crippen LogP contribution in [0.2, 0.25) is 0 Å². The second-order valence-electron chi connectivity index (χ2n) is 5.39. The summed E-state index contributed by atoms with van der Waals surface area (Å²) in [4.78, 5) is 1.37. The van der Waals surface area contributed by atoms with E-state index >= 15 is 0 Å². The zero-order valence-electron chi connectivity index (χ0n) is 11.5. The van der Waals surface area contributed by atoms with E-state index in [1.54, 1.807) is 0 Å². The number of rotatable bonds is 3. The predicted molar refractivity (Wildman–Crippen MR) is 82.2 cm³/mol. The fraction of sp³-hybridized carbons (Fsp3) is 0.294. The first kappa shape index (κ1) is 13.0. The molecule has 0 fully saturated rings. The van der Waals surface area contributed by atoms with Crippen LogP contribution in [0.15, 0.2) is 47.4 Å². The second-order valence-corrected chi connectivity index (χ2v) is 6.73. The predicted octanol–water partition coefficient (Wildman–Crippen LogP) is 3.21. The molecule has 2 atom stereocenters. The Bertz CT molecular complexity index is 646. The average Bonchev–Trinajstić information content (AvgIpc) is 3.08. The molecule has 2 aliphatic rings. The molecule has 2 aromatic rings. The monoisotopic (exact) mass is 300 g/mol. The molecule has 3 nitrogen and oxygen atoms in total. The first-order valence-corrected chi connectivity index (χ1v) is 8.00. The molecular formula is C17H16O3S. The molecule has 108 valence electrons. The maximum absolute atomic E-state index is 9.71. The molecule has 0 aromatic heterocycles. The Hall–Kier alpha value is -1.65. The lowest BCUT2D eigenvalue weighted by atomic mass is 10.1. The quantitative estimate of drug-likeness (QED) is 0.944. The molecule has 0 aliphatic carbocycles. The molecule has 2 unspecified atom stereocenters. The molecule has 0 radical (unpaired) electrons. The molecule has 0 bridgehead atoms. The van der Waals surface area contributed by atoms with Crippen LogP contribution in [0.5, 0.6) is 11.5 Å². The lowest BCUT2D eigenvalue weighted by molar-refractivity contribution is 0.140. The third-order valence-electron chi connectivity index (χ3n) is 3.89. The van der Waals surface area contributed by atoms with E-state index in [1.165, 1.54) is 10.5 Å². The third-order valence-corrected chi connectivity index (χ3v) is 5.18. The molecule has 0 saturated carbocycles. The summed E-state index contributed by atoms with van der Waals surface area (Å²) >= 11 is 1.88. The van der Waals surface area contributed by atoms with Gasteiger partial charge in [-0.2, -0.15) is 0 Å². The van der Waals surface area contributed by atoms with Crippen LogP contribution in [0, 0.1) is 0 Å². The topological polar surface area (TPSA) is 38.7 Å². The minimum absolute atomic E-state index is 0.340. The van der Waals surface area contributed by atoms with Crippen molar-refractivity contribution in [2.24, 2.45) is 0 Å². The molecule has 21 heavy (non-hydrogen) atoms. The van der Waals surface area contributed by atoms with Gasteiger partial charge < -0.3 is 14.6 Å². The van der Waals surface area contributed by atoms with Crippen molar-refractivity contribution in [2.75, 3.05) is 13.2 Å². The minimum atomic E-state index is -0.506. The van der Waals surface area contributed by atoms with Crippen LogP contribution in [0.1, 0.15) is 17.2 Å². The fourth-order valence-electron chi connectivity index (χ4n) is 2.80. The summed E-state index contributed by atoms with van der Waals surface area (Å²) in [7, 11) is 0. The Kier molecular flexibility index (Phi) is 3.28. The standard InChI is InChI=1S/C17H16O3S/c18-15-10-20-16-8-12(5-6-14(15)16)19-9-13-7-11-3-1-2-4-17(11)21-13/h1-6,8,13,15,18H,7,9-10H2. The lowest BCUT2D eigenvalue weighted by Crippen LogP contribution is -2.13. The molecule has 2 aliphatic heterocycles. The highest BCUT2D eigenvalue weighted by atomic mass is 32.2. The normalized spacial score (nSPS) is 22.5. The number of thioether (sulfide) groups is 1. The summed E-state index contributed by atoms with van der Waals surface area (Å²) < 4.78 is 11.3. The number of aliphatic hydroxyl groups excluding tert-OH is 1. The summed E-state index contributed by atoms with van der Waals surface area (Å²) in [6.45, 7) is 1.02. The van der Waals surface area contributed by atoms with E-state index in [4.69, 9.17) is 9.47 Å². The summed E-state index contributed by atoms with van der Waals surface area (Å²) in [5.74, 6) is 1.54. The summed E-state index contributed by atoms with van der Waals surface area (Å²) in [6, 6.07) is 14.2.